The lowest BCUT2D eigenvalue weighted by atomic mass is 10.0. The van der Waals surface area contributed by atoms with Crippen molar-refractivity contribution in [3.8, 4) is 22.6 Å². The molecule has 5 aromatic rings. The summed E-state index contributed by atoms with van der Waals surface area (Å²) in [5.41, 5.74) is 4.20. The van der Waals surface area contributed by atoms with Crippen LogP contribution in [-0.4, -0.2) is 37.1 Å². The minimum atomic E-state index is -0.432. The molecule has 3 heterocycles. The maximum Gasteiger partial charge on any atom is 0.180 e. The van der Waals surface area contributed by atoms with E-state index < -0.39 is 5.82 Å². The predicted molar refractivity (Wildman–Crippen MR) is 143 cm³/mol. The van der Waals surface area contributed by atoms with Crippen molar-refractivity contribution in [2.24, 2.45) is 5.92 Å². The first-order valence-electron chi connectivity index (χ1n) is 12.1. The Labute approximate surface area is 214 Å². The molecule has 0 unspecified atom stereocenters. The van der Waals surface area contributed by atoms with Gasteiger partial charge in [-0.2, -0.15) is 0 Å². The molecule has 0 atom stereocenters. The predicted octanol–water partition coefficient (Wildman–Crippen LogP) is 5.87. The highest BCUT2D eigenvalue weighted by Gasteiger charge is 2.18. The molecule has 5 rings (SSSR count). The number of hydrogen-bond donors (Lipinski definition) is 2. The molecule has 3 aromatic heterocycles. The molecule has 186 valence electrons. The summed E-state index contributed by atoms with van der Waals surface area (Å²) in [6.07, 6.45) is 1.56. The molecule has 0 fully saturated rings. The van der Waals surface area contributed by atoms with Crippen LogP contribution in [0.2, 0.25) is 0 Å². The number of H-pyrrole nitrogens is 1. The molecule has 0 saturated carbocycles. The Morgan fingerprint density at radius 1 is 0.946 bits per heavy atom. The van der Waals surface area contributed by atoms with E-state index in [9.17, 15) is 4.39 Å². The zero-order valence-electron chi connectivity index (χ0n) is 20.6. The van der Waals surface area contributed by atoms with Gasteiger partial charge in [0.1, 0.15) is 5.82 Å². The van der Waals surface area contributed by atoms with Crippen molar-refractivity contribution in [3.05, 3.63) is 96.4 Å². The third kappa shape index (κ3) is 5.78. The van der Waals surface area contributed by atoms with E-state index in [0.717, 1.165) is 23.5 Å². The van der Waals surface area contributed by atoms with Crippen LogP contribution < -0.4 is 10.2 Å². The first-order valence-corrected chi connectivity index (χ1v) is 12.1. The number of aromatic amines is 1. The molecule has 2 aromatic carbocycles. The van der Waals surface area contributed by atoms with E-state index in [4.69, 9.17) is 4.98 Å². The van der Waals surface area contributed by atoms with Crippen molar-refractivity contribution < 1.29 is 4.39 Å². The van der Waals surface area contributed by atoms with Gasteiger partial charge < -0.3 is 10.2 Å². The lowest BCUT2D eigenvalue weighted by Crippen LogP contribution is -2.28. The van der Waals surface area contributed by atoms with Crippen LogP contribution in [0.4, 0.5) is 21.7 Å². The van der Waals surface area contributed by atoms with Gasteiger partial charge in [0.2, 0.25) is 0 Å². The van der Waals surface area contributed by atoms with Crippen LogP contribution in [0.15, 0.2) is 85.1 Å². The topological polar surface area (TPSA) is 95.5 Å². The summed E-state index contributed by atoms with van der Waals surface area (Å²) in [6, 6.07) is 24.8. The number of anilines is 3. The Kier molecular flexibility index (Phi) is 7.12. The molecule has 0 bridgehead atoms. The summed E-state index contributed by atoms with van der Waals surface area (Å²) < 4.78 is 14.5. The number of pyridine rings is 2. The van der Waals surface area contributed by atoms with Crippen LogP contribution >= 0.6 is 0 Å². The van der Waals surface area contributed by atoms with Gasteiger partial charge in [0.15, 0.2) is 17.5 Å². The zero-order chi connectivity index (χ0) is 25.6. The summed E-state index contributed by atoms with van der Waals surface area (Å²) in [4.78, 5) is 11.5. The van der Waals surface area contributed by atoms with E-state index in [2.05, 4.69) is 61.8 Å². The second-order valence-electron chi connectivity index (χ2n) is 9.11. The standard InChI is InChI=1S/C28H27FN8/c1-19(2)17-37(18-20-9-4-3-5-10-20)26-16-21(31-28-24(29)13-8-14-30-28)15-25(32-26)22-11-6-7-12-23(22)27-33-35-36-34-27/h3-16,19H,17-18H2,1-2H3,(H,30,31,32)(H,33,34,35,36). The highest BCUT2D eigenvalue weighted by molar-refractivity contribution is 5.81. The Morgan fingerprint density at radius 3 is 2.46 bits per heavy atom. The molecule has 2 N–H and O–H groups in total. The number of hydrogen-bond acceptors (Lipinski definition) is 7. The van der Waals surface area contributed by atoms with Gasteiger partial charge in [0, 0.05) is 42.2 Å². The second kappa shape index (κ2) is 10.9. The number of halogens is 1. The molecule has 0 aliphatic rings. The lowest BCUT2D eigenvalue weighted by molar-refractivity contribution is 0.605. The number of aromatic nitrogens is 6. The summed E-state index contributed by atoms with van der Waals surface area (Å²) in [6.45, 7) is 5.82. The normalized spacial score (nSPS) is 11.0. The quantitative estimate of drug-likeness (QED) is 0.265. The highest BCUT2D eigenvalue weighted by Crippen LogP contribution is 2.33. The van der Waals surface area contributed by atoms with Crippen LogP contribution in [0, 0.1) is 11.7 Å². The zero-order valence-corrected chi connectivity index (χ0v) is 20.6. The minimum absolute atomic E-state index is 0.150. The SMILES string of the molecule is CC(C)CN(Cc1ccccc1)c1cc(Nc2ncccc2F)cc(-c2ccccc2-c2nnn[nH]2)n1. The van der Waals surface area contributed by atoms with E-state index in [0.29, 0.717) is 29.7 Å². The Hall–Kier alpha value is -4.66. The third-order valence-corrected chi connectivity index (χ3v) is 5.76. The van der Waals surface area contributed by atoms with Gasteiger partial charge in [-0.05, 0) is 40.1 Å². The molecular formula is C28H27FN8. The molecule has 0 spiro atoms. The summed E-state index contributed by atoms with van der Waals surface area (Å²) in [7, 11) is 0. The van der Waals surface area contributed by atoms with Gasteiger partial charge in [-0.15, -0.1) is 5.10 Å². The number of nitrogens with one attached hydrogen (secondary N) is 2. The smallest absolute Gasteiger partial charge is 0.180 e. The van der Waals surface area contributed by atoms with E-state index in [-0.39, 0.29) is 5.82 Å². The monoisotopic (exact) mass is 494 g/mol. The molecule has 0 saturated heterocycles. The molecule has 37 heavy (non-hydrogen) atoms. The number of tetrazole rings is 1. The molecule has 9 heteroatoms. The van der Waals surface area contributed by atoms with Crippen LogP contribution in [0.3, 0.4) is 0 Å². The van der Waals surface area contributed by atoms with Gasteiger partial charge in [0.05, 0.1) is 5.69 Å². The molecule has 0 amide bonds. The van der Waals surface area contributed by atoms with Crippen molar-refractivity contribution >= 4 is 17.3 Å². The fourth-order valence-electron chi connectivity index (χ4n) is 4.17. The van der Waals surface area contributed by atoms with Crippen molar-refractivity contribution in [1.82, 2.24) is 30.6 Å². The largest absolute Gasteiger partial charge is 0.352 e. The molecule has 0 aliphatic heterocycles. The fourth-order valence-corrected chi connectivity index (χ4v) is 4.17. The third-order valence-electron chi connectivity index (χ3n) is 5.76. The minimum Gasteiger partial charge on any atom is -0.352 e. The van der Waals surface area contributed by atoms with Crippen molar-refractivity contribution in [2.45, 2.75) is 20.4 Å². The van der Waals surface area contributed by atoms with Crippen molar-refractivity contribution in [1.29, 1.82) is 0 Å². The highest BCUT2D eigenvalue weighted by atomic mass is 19.1. The van der Waals surface area contributed by atoms with Gasteiger partial charge in [-0.1, -0.05) is 68.4 Å². The molecule has 0 radical (unpaired) electrons. The summed E-state index contributed by atoms with van der Waals surface area (Å²) in [5, 5.41) is 17.5. The Morgan fingerprint density at radius 2 is 1.73 bits per heavy atom. The molecule has 0 aliphatic carbocycles. The average molecular weight is 495 g/mol. The van der Waals surface area contributed by atoms with Gasteiger partial charge in [-0.3, -0.25) is 0 Å². The maximum absolute atomic E-state index is 14.5. The molecule has 8 nitrogen and oxygen atoms in total. The maximum atomic E-state index is 14.5. The van der Waals surface area contributed by atoms with Crippen LogP contribution in [0.25, 0.3) is 22.6 Å². The van der Waals surface area contributed by atoms with Gasteiger partial charge in [0.25, 0.3) is 0 Å². The molecular weight excluding hydrogens is 467 g/mol. The second-order valence-corrected chi connectivity index (χ2v) is 9.11. The van der Waals surface area contributed by atoms with E-state index >= 15 is 0 Å². The Bertz CT molecular complexity index is 1450. The first kappa shape index (κ1) is 24.1. The van der Waals surface area contributed by atoms with Crippen LogP contribution in [0.1, 0.15) is 19.4 Å². The van der Waals surface area contributed by atoms with E-state index in [1.165, 1.54) is 11.6 Å². The number of nitrogens with zero attached hydrogens (tertiary/aromatic N) is 6. The average Bonchev–Trinajstić information content (AvgIpc) is 3.45. The lowest BCUT2D eigenvalue weighted by Gasteiger charge is -2.27. The first-order chi connectivity index (χ1) is 18.1. The van der Waals surface area contributed by atoms with E-state index in [1.54, 1.807) is 12.3 Å². The van der Waals surface area contributed by atoms with Crippen molar-refractivity contribution in [3.63, 3.8) is 0 Å². The van der Waals surface area contributed by atoms with Gasteiger partial charge in [-0.25, -0.2) is 19.5 Å². The van der Waals surface area contributed by atoms with Crippen LogP contribution in [0.5, 0.6) is 0 Å². The Balaban J connectivity index is 1.63. The van der Waals surface area contributed by atoms with Crippen molar-refractivity contribution in [2.75, 3.05) is 16.8 Å². The van der Waals surface area contributed by atoms with E-state index in [1.807, 2.05) is 54.6 Å². The summed E-state index contributed by atoms with van der Waals surface area (Å²) >= 11 is 0. The fraction of sp³-hybridized carbons (Fsp3) is 0.179. The number of rotatable bonds is 9. The van der Waals surface area contributed by atoms with Gasteiger partial charge >= 0.3 is 0 Å². The van der Waals surface area contributed by atoms with Crippen LogP contribution in [-0.2, 0) is 6.54 Å². The number of benzene rings is 2. The summed E-state index contributed by atoms with van der Waals surface area (Å²) in [5.74, 6) is 1.41.